The van der Waals surface area contributed by atoms with Crippen LogP contribution >= 0.6 is 0 Å². The molecular weight excluding hydrogens is 268 g/mol. The molecule has 1 amide bonds. The topological polar surface area (TPSA) is 75.9 Å². The maximum Gasteiger partial charge on any atom is 0.216 e. The van der Waals surface area contributed by atoms with Crippen LogP contribution in [0.1, 0.15) is 19.8 Å². The lowest BCUT2D eigenvalue weighted by atomic mass is 9.98. The number of hydrogen-bond acceptors (Lipinski definition) is 5. The van der Waals surface area contributed by atoms with Crippen molar-refractivity contribution in [3.05, 3.63) is 12.5 Å². The van der Waals surface area contributed by atoms with Gasteiger partial charge in [-0.15, -0.1) is 0 Å². The third-order valence-electron chi connectivity index (χ3n) is 3.97. The molecule has 7 nitrogen and oxygen atoms in total. The molecule has 1 aliphatic rings. The summed E-state index contributed by atoms with van der Waals surface area (Å²) in [7, 11) is 1.88. The summed E-state index contributed by atoms with van der Waals surface area (Å²) in [5.41, 5.74) is 0.851. The van der Waals surface area contributed by atoms with E-state index in [9.17, 15) is 4.79 Å². The number of nitrogens with one attached hydrogen (secondary N) is 1. The third-order valence-corrected chi connectivity index (χ3v) is 3.97. The quantitative estimate of drug-likeness (QED) is 0.900. The van der Waals surface area contributed by atoms with Gasteiger partial charge in [0, 0.05) is 33.6 Å². The fraction of sp³-hybridized carbons (Fsp3) is 0.571. The molecule has 1 fully saturated rings. The predicted molar refractivity (Wildman–Crippen MR) is 79.9 cm³/mol. The molecule has 7 heteroatoms. The van der Waals surface area contributed by atoms with Crippen molar-refractivity contribution < 1.29 is 4.79 Å². The lowest BCUT2D eigenvalue weighted by molar-refractivity contribution is -0.119. The van der Waals surface area contributed by atoms with Crippen LogP contribution in [0.3, 0.4) is 0 Å². The van der Waals surface area contributed by atoms with E-state index in [0.717, 1.165) is 49.3 Å². The van der Waals surface area contributed by atoms with Crippen LogP contribution in [-0.2, 0) is 11.8 Å². The van der Waals surface area contributed by atoms with Crippen LogP contribution in [-0.4, -0.2) is 45.3 Å². The summed E-state index contributed by atoms with van der Waals surface area (Å²) in [5.74, 6) is 1.44. The van der Waals surface area contributed by atoms with Crippen molar-refractivity contribution in [2.45, 2.75) is 19.8 Å². The highest BCUT2D eigenvalue weighted by Gasteiger charge is 2.23. The van der Waals surface area contributed by atoms with Gasteiger partial charge in [0.15, 0.2) is 5.65 Å². The Morgan fingerprint density at radius 2 is 2.33 bits per heavy atom. The Labute approximate surface area is 123 Å². The highest BCUT2D eigenvalue weighted by atomic mass is 16.1. The van der Waals surface area contributed by atoms with E-state index >= 15 is 0 Å². The van der Waals surface area contributed by atoms with E-state index in [-0.39, 0.29) is 5.91 Å². The zero-order valence-corrected chi connectivity index (χ0v) is 12.4. The third kappa shape index (κ3) is 2.81. The average Bonchev–Trinajstić information content (AvgIpc) is 2.87. The van der Waals surface area contributed by atoms with E-state index in [4.69, 9.17) is 0 Å². The lowest BCUT2D eigenvalue weighted by Gasteiger charge is -2.33. The molecule has 1 saturated heterocycles. The van der Waals surface area contributed by atoms with E-state index < -0.39 is 0 Å². The van der Waals surface area contributed by atoms with Crippen molar-refractivity contribution in [2.75, 3.05) is 24.5 Å². The Kier molecular flexibility index (Phi) is 3.72. The number of fused-ring (bicyclic) bond motifs is 1. The van der Waals surface area contributed by atoms with Crippen molar-refractivity contribution >= 4 is 22.8 Å². The molecule has 0 radical (unpaired) electrons. The SMILES string of the molecule is CC(=O)NCC1CCCN(c2ncnc3c2cnn3C)C1. The molecule has 2 aromatic rings. The van der Waals surface area contributed by atoms with Gasteiger partial charge in [-0.3, -0.25) is 9.48 Å². The second-order valence-electron chi connectivity index (χ2n) is 5.59. The van der Waals surface area contributed by atoms with Crippen molar-refractivity contribution in [1.82, 2.24) is 25.1 Å². The molecule has 3 heterocycles. The van der Waals surface area contributed by atoms with Crippen LogP contribution in [0, 0.1) is 5.92 Å². The Balaban J connectivity index is 1.80. The van der Waals surface area contributed by atoms with E-state index in [1.165, 1.54) is 0 Å². The first-order valence-corrected chi connectivity index (χ1v) is 7.27. The van der Waals surface area contributed by atoms with Gasteiger partial charge in [-0.2, -0.15) is 5.10 Å². The fourth-order valence-electron chi connectivity index (χ4n) is 2.91. The number of aromatic nitrogens is 4. The first kappa shape index (κ1) is 13.8. The molecule has 112 valence electrons. The van der Waals surface area contributed by atoms with Crippen molar-refractivity contribution in [3.8, 4) is 0 Å². The van der Waals surface area contributed by atoms with E-state index in [1.54, 1.807) is 17.9 Å². The smallest absolute Gasteiger partial charge is 0.216 e. The minimum Gasteiger partial charge on any atom is -0.356 e. The molecular formula is C14H20N6O. The molecule has 2 aromatic heterocycles. The van der Waals surface area contributed by atoms with Gasteiger partial charge in [-0.05, 0) is 18.8 Å². The normalized spacial score (nSPS) is 19.0. The molecule has 1 atom stereocenters. The number of nitrogens with zero attached hydrogens (tertiary/aromatic N) is 5. The molecule has 0 bridgehead atoms. The Hall–Kier alpha value is -2.18. The first-order valence-electron chi connectivity index (χ1n) is 7.27. The van der Waals surface area contributed by atoms with Gasteiger partial charge in [-0.1, -0.05) is 0 Å². The minimum atomic E-state index is 0.0313. The van der Waals surface area contributed by atoms with E-state index in [1.807, 2.05) is 13.2 Å². The van der Waals surface area contributed by atoms with Crippen molar-refractivity contribution in [3.63, 3.8) is 0 Å². The molecule has 3 rings (SSSR count). The van der Waals surface area contributed by atoms with Crippen LogP contribution in [0.25, 0.3) is 11.0 Å². The summed E-state index contributed by atoms with van der Waals surface area (Å²) in [6.45, 7) is 4.18. The van der Waals surface area contributed by atoms with Crippen molar-refractivity contribution in [1.29, 1.82) is 0 Å². The van der Waals surface area contributed by atoms with E-state index in [2.05, 4.69) is 25.3 Å². The summed E-state index contributed by atoms with van der Waals surface area (Å²) >= 11 is 0. The van der Waals surface area contributed by atoms with Crippen LogP contribution in [0.5, 0.6) is 0 Å². The molecule has 1 unspecified atom stereocenters. The largest absolute Gasteiger partial charge is 0.356 e. The number of hydrogen-bond donors (Lipinski definition) is 1. The van der Waals surface area contributed by atoms with Gasteiger partial charge in [0.1, 0.15) is 12.1 Å². The highest BCUT2D eigenvalue weighted by molar-refractivity contribution is 5.86. The number of rotatable bonds is 3. The van der Waals surface area contributed by atoms with Gasteiger partial charge in [0.2, 0.25) is 5.91 Å². The Morgan fingerprint density at radius 3 is 3.14 bits per heavy atom. The van der Waals surface area contributed by atoms with Crippen LogP contribution in [0.15, 0.2) is 12.5 Å². The maximum absolute atomic E-state index is 11.1. The molecule has 0 aliphatic carbocycles. The average molecular weight is 288 g/mol. The maximum atomic E-state index is 11.1. The summed E-state index contributed by atoms with van der Waals surface area (Å²) in [4.78, 5) is 22.1. The number of aryl methyl sites for hydroxylation is 1. The highest BCUT2D eigenvalue weighted by Crippen LogP contribution is 2.26. The Bertz CT molecular complexity index is 652. The summed E-state index contributed by atoms with van der Waals surface area (Å²) in [6, 6.07) is 0. The predicted octanol–water partition coefficient (Wildman–Crippen LogP) is 0.716. The summed E-state index contributed by atoms with van der Waals surface area (Å²) in [5, 5.41) is 8.16. The van der Waals surface area contributed by atoms with Gasteiger partial charge >= 0.3 is 0 Å². The van der Waals surface area contributed by atoms with Gasteiger partial charge in [-0.25, -0.2) is 9.97 Å². The molecule has 0 spiro atoms. The lowest BCUT2D eigenvalue weighted by Crippen LogP contribution is -2.41. The van der Waals surface area contributed by atoms with Crippen LogP contribution in [0.2, 0.25) is 0 Å². The Morgan fingerprint density at radius 1 is 1.48 bits per heavy atom. The van der Waals surface area contributed by atoms with Gasteiger partial charge in [0.25, 0.3) is 0 Å². The minimum absolute atomic E-state index is 0.0313. The van der Waals surface area contributed by atoms with Crippen molar-refractivity contribution in [2.24, 2.45) is 13.0 Å². The number of carbonyl (C=O) groups excluding carboxylic acids is 1. The second kappa shape index (κ2) is 5.67. The zero-order chi connectivity index (χ0) is 14.8. The molecule has 1 aliphatic heterocycles. The molecule has 1 N–H and O–H groups in total. The molecule has 21 heavy (non-hydrogen) atoms. The summed E-state index contributed by atoms with van der Waals surface area (Å²) < 4.78 is 1.76. The van der Waals surface area contributed by atoms with Crippen LogP contribution in [0.4, 0.5) is 5.82 Å². The fourth-order valence-corrected chi connectivity index (χ4v) is 2.91. The van der Waals surface area contributed by atoms with Crippen LogP contribution < -0.4 is 10.2 Å². The first-order chi connectivity index (χ1) is 10.1. The molecule has 0 aromatic carbocycles. The van der Waals surface area contributed by atoms with E-state index in [0.29, 0.717) is 5.92 Å². The number of carbonyl (C=O) groups is 1. The standard InChI is InChI=1S/C14H20N6O/c1-10(21)15-6-11-4-3-5-20(8-11)14-12-7-18-19(2)13(12)16-9-17-14/h7,9,11H,3-6,8H2,1-2H3,(H,15,21). The zero-order valence-electron chi connectivity index (χ0n) is 12.4. The number of piperidine rings is 1. The van der Waals surface area contributed by atoms with Gasteiger partial charge < -0.3 is 10.2 Å². The number of anilines is 1. The van der Waals surface area contributed by atoms with Gasteiger partial charge in [0.05, 0.1) is 11.6 Å². The summed E-state index contributed by atoms with van der Waals surface area (Å²) in [6.07, 6.45) is 5.66. The second-order valence-corrected chi connectivity index (χ2v) is 5.59. The monoisotopic (exact) mass is 288 g/mol. The number of amides is 1. The molecule has 0 saturated carbocycles.